The van der Waals surface area contributed by atoms with E-state index in [1.807, 2.05) is 0 Å². The summed E-state index contributed by atoms with van der Waals surface area (Å²) in [6.45, 7) is 1.41. The van der Waals surface area contributed by atoms with Gasteiger partial charge in [0.15, 0.2) is 0 Å². The van der Waals surface area contributed by atoms with Crippen LogP contribution in [0.4, 0.5) is 13.2 Å². The number of hydrogen-bond acceptors (Lipinski definition) is 4. The zero-order valence-electron chi connectivity index (χ0n) is 9.60. The summed E-state index contributed by atoms with van der Waals surface area (Å²) in [5.41, 5.74) is -2.03. The summed E-state index contributed by atoms with van der Waals surface area (Å²) in [4.78, 5) is 10.8. The first-order chi connectivity index (χ1) is 8.77. The van der Waals surface area contributed by atoms with E-state index in [9.17, 15) is 18.0 Å². The molecule has 0 saturated carbocycles. The fraction of sp³-hybridized carbons (Fsp3) is 0.300. The van der Waals surface area contributed by atoms with E-state index in [2.05, 4.69) is 10.2 Å². The quantitative estimate of drug-likeness (QED) is 0.925. The highest BCUT2D eigenvalue weighted by molar-refractivity contribution is 5.89. The molecule has 0 saturated heterocycles. The number of halogens is 3. The van der Waals surface area contributed by atoms with Crippen molar-refractivity contribution in [1.82, 2.24) is 14.8 Å². The van der Waals surface area contributed by atoms with Crippen molar-refractivity contribution in [3.8, 4) is 0 Å². The molecule has 0 atom stereocenters. The number of aromatic nitrogens is 3. The molecule has 2 rings (SSSR count). The Hall–Kier alpha value is -2.32. The molecule has 102 valence electrons. The molecule has 0 aromatic carbocycles. The standard InChI is InChI=1S/C10H8F3N3O3/c1-5-14-15-8(19-5)4-16-2-6(9(17)18)7(3-16)10(11,12)13/h2-3H,4H2,1H3,(H,17,18). The molecule has 0 spiro atoms. The Balaban J connectivity index is 2.35. The number of nitrogens with zero attached hydrogens (tertiary/aromatic N) is 3. The van der Waals surface area contributed by atoms with E-state index in [-0.39, 0.29) is 18.3 Å². The van der Waals surface area contributed by atoms with E-state index in [1.165, 1.54) is 6.92 Å². The number of aryl methyl sites for hydroxylation is 1. The lowest BCUT2D eigenvalue weighted by Crippen LogP contribution is -2.09. The first kappa shape index (κ1) is 13.1. The maximum absolute atomic E-state index is 12.6. The second-order valence-electron chi connectivity index (χ2n) is 3.78. The first-order valence-electron chi connectivity index (χ1n) is 5.06. The van der Waals surface area contributed by atoms with E-state index < -0.39 is 23.3 Å². The average molecular weight is 275 g/mol. The molecule has 19 heavy (non-hydrogen) atoms. The molecule has 0 amide bonds. The Labute approximate surface area is 104 Å². The molecule has 2 aromatic rings. The molecule has 0 bridgehead atoms. The van der Waals surface area contributed by atoms with Crippen LogP contribution in [0.1, 0.15) is 27.7 Å². The summed E-state index contributed by atoms with van der Waals surface area (Å²) < 4.78 is 44.0. The zero-order valence-corrected chi connectivity index (χ0v) is 9.60. The zero-order chi connectivity index (χ0) is 14.2. The minimum Gasteiger partial charge on any atom is -0.478 e. The van der Waals surface area contributed by atoms with Crippen LogP contribution in [0.3, 0.4) is 0 Å². The highest BCUT2D eigenvalue weighted by Gasteiger charge is 2.37. The monoisotopic (exact) mass is 275 g/mol. The van der Waals surface area contributed by atoms with Gasteiger partial charge in [-0.3, -0.25) is 0 Å². The van der Waals surface area contributed by atoms with Gasteiger partial charge in [0.2, 0.25) is 11.8 Å². The normalized spacial score (nSPS) is 11.8. The maximum Gasteiger partial charge on any atom is 0.418 e. The lowest BCUT2D eigenvalue weighted by Gasteiger charge is -2.04. The molecule has 0 aliphatic carbocycles. The fourth-order valence-corrected chi connectivity index (χ4v) is 1.55. The smallest absolute Gasteiger partial charge is 0.418 e. The average Bonchev–Trinajstić information content (AvgIpc) is 2.85. The van der Waals surface area contributed by atoms with Gasteiger partial charge in [-0.05, 0) is 0 Å². The van der Waals surface area contributed by atoms with E-state index in [1.54, 1.807) is 0 Å². The lowest BCUT2D eigenvalue weighted by molar-refractivity contribution is -0.138. The van der Waals surface area contributed by atoms with Gasteiger partial charge >= 0.3 is 12.1 Å². The van der Waals surface area contributed by atoms with Gasteiger partial charge in [-0.15, -0.1) is 10.2 Å². The predicted octanol–water partition coefficient (Wildman–Crippen LogP) is 1.94. The summed E-state index contributed by atoms with van der Waals surface area (Å²) in [6, 6.07) is 0. The van der Waals surface area contributed by atoms with Crippen LogP contribution in [-0.4, -0.2) is 25.8 Å². The summed E-state index contributed by atoms with van der Waals surface area (Å²) in [5.74, 6) is -1.28. The van der Waals surface area contributed by atoms with Gasteiger partial charge in [0.25, 0.3) is 0 Å². The van der Waals surface area contributed by atoms with E-state index in [4.69, 9.17) is 9.52 Å². The Kier molecular flexibility index (Phi) is 3.05. The van der Waals surface area contributed by atoms with Crippen LogP contribution in [0.2, 0.25) is 0 Å². The van der Waals surface area contributed by atoms with Crippen molar-refractivity contribution in [2.45, 2.75) is 19.6 Å². The summed E-state index contributed by atoms with van der Waals surface area (Å²) in [6.07, 6.45) is -3.16. The Morgan fingerprint density at radius 2 is 2.11 bits per heavy atom. The molecule has 1 N–H and O–H groups in total. The van der Waals surface area contributed by atoms with Crippen LogP contribution < -0.4 is 0 Å². The van der Waals surface area contributed by atoms with Crippen molar-refractivity contribution in [2.24, 2.45) is 0 Å². The minimum absolute atomic E-state index is 0.0955. The number of rotatable bonds is 3. The summed E-state index contributed by atoms with van der Waals surface area (Å²) >= 11 is 0. The molecule has 0 aliphatic rings. The topological polar surface area (TPSA) is 81.2 Å². The Bertz CT molecular complexity index is 615. The second-order valence-corrected chi connectivity index (χ2v) is 3.78. The molecule has 0 fully saturated rings. The number of aromatic carboxylic acids is 1. The van der Waals surface area contributed by atoms with Crippen LogP contribution in [0.15, 0.2) is 16.8 Å². The first-order valence-corrected chi connectivity index (χ1v) is 5.06. The minimum atomic E-state index is -4.73. The van der Waals surface area contributed by atoms with Crippen LogP contribution >= 0.6 is 0 Å². The molecule has 0 radical (unpaired) electrons. The van der Waals surface area contributed by atoms with Gasteiger partial charge in [-0.2, -0.15) is 13.2 Å². The van der Waals surface area contributed by atoms with E-state index >= 15 is 0 Å². The van der Waals surface area contributed by atoms with Crippen molar-refractivity contribution in [1.29, 1.82) is 0 Å². The SMILES string of the molecule is Cc1nnc(Cn2cc(C(=O)O)c(C(F)(F)F)c2)o1. The molecule has 2 aromatic heterocycles. The van der Waals surface area contributed by atoms with Crippen LogP contribution in [0.25, 0.3) is 0 Å². The summed E-state index contributed by atoms with van der Waals surface area (Å²) in [7, 11) is 0. The van der Waals surface area contributed by atoms with Crippen LogP contribution in [0.5, 0.6) is 0 Å². The third-order valence-electron chi connectivity index (χ3n) is 2.30. The lowest BCUT2D eigenvalue weighted by atomic mass is 10.2. The maximum atomic E-state index is 12.6. The van der Waals surface area contributed by atoms with Gasteiger partial charge in [-0.25, -0.2) is 4.79 Å². The van der Waals surface area contributed by atoms with Crippen molar-refractivity contribution in [3.05, 3.63) is 35.3 Å². The van der Waals surface area contributed by atoms with Crippen LogP contribution in [-0.2, 0) is 12.7 Å². The highest BCUT2D eigenvalue weighted by atomic mass is 19.4. The molecule has 2 heterocycles. The van der Waals surface area contributed by atoms with Crippen LogP contribution in [0, 0.1) is 6.92 Å². The van der Waals surface area contributed by atoms with Crippen molar-refractivity contribution < 1.29 is 27.5 Å². The number of alkyl halides is 3. The van der Waals surface area contributed by atoms with Crippen molar-refractivity contribution >= 4 is 5.97 Å². The molecule has 0 unspecified atom stereocenters. The number of carboxylic acids is 1. The molecular weight excluding hydrogens is 267 g/mol. The second kappa shape index (κ2) is 4.41. The third-order valence-corrected chi connectivity index (χ3v) is 2.30. The van der Waals surface area contributed by atoms with Gasteiger partial charge < -0.3 is 14.1 Å². The highest BCUT2D eigenvalue weighted by Crippen LogP contribution is 2.32. The van der Waals surface area contributed by atoms with E-state index in [0.717, 1.165) is 10.8 Å². The van der Waals surface area contributed by atoms with Crippen molar-refractivity contribution in [2.75, 3.05) is 0 Å². The van der Waals surface area contributed by atoms with Gasteiger partial charge in [-0.1, -0.05) is 0 Å². The van der Waals surface area contributed by atoms with E-state index in [0.29, 0.717) is 6.20 Å². The largest absolute Gasteiger partial charge is 0.478 e. The van der Waals surface area contributed by atoms with Gasteiger partial charge in [0.05, 0.1) is 11.1 Å². The van der Waals surface area contributed by atoms with Gasteiger partial charge in [0, 0.05) is 19.3 Å². The third kappa shape index (κ3) is 2.75. The summed E-state index contributed by atoms with van der Waals surface area (Å²) in [5, 5.41) is 15.9. The molecule has 6 nitrogen and oxygen atoms in total. The Morgan fingerprint density at radius 3 is 2.53 bits per heavy atom. The van der Waals surface area contributed by atoms with Crippen molar-refractivity contribution in [3.63, 3.8) is 0 Å². The molecule has 9 heteroatoms. The predicted molar refractivity (Wildman–Crippen MR) is 54.5 cm³/mol. The number of carbonyl (C=O) groups is 1. The Morgan fingerprint density at radius 1 is 1.42 bits per heavy atom. The number of carboxylic acid groups (broad SMARTS) is 1. The molecule has 0 aliphatic heterocycles. The molecular formula is C10H8F3N3O3. The number of hydrogen-bond donors (Lipinski definition) is 1. The van der Waals surface area contributed by atoms with Gasteiger partial charge in [0.1, 0.15) is 6.54 Å². The fourth-order valence-electron chi connectivity index (χ4n) is 1.55.